The number of hydrogen-bond acceptors (Lipinski definition) is 12. The van der Waals surface area contributed by atoms with E-state index < -0.39 is 31.3 Å². The first-order chi connectivity index (χ1) is 38.7. The number of sulfonamides is 2. The van der Waals surface area contributed by atoms with Crippen molar-refractivity contribution < 1.29 is 16.8 Å². The highest BCUT2D eigenvalue weighted by atomic mass is 32.2. The summed E-state index contributed by atoms with van der Waals surface area (Å²) in [6.07, 6.45) is 9.94. The van der Waals surface area contributed by atoms with Crippen molar-refractivity contribution >= 4 is 91.8 Å². The van der Waals surface area contributed by atoms with Crippen molar-refractivity contribution in [3.63, 3.8) is 0 Å². The lowest BCUT2D eigenvalue weighted by atomic mass is 9.98. The van der Waals surface area contributed by atoms with Gasteiger partial charge in [-0.15, -0.1) is 0 Å². The van der Waals surface area contributed by atoms with Crippen molar-refractivity contribution in [2.24, 2.45) is 0 Å². The topological polar surface area (TPSA) is 225 Å². The molecule has 0 bridgehead atoms. The molecular formula is C61H59N11O6S2. The number of unbranched alkanes of at least 4 members (excludes halogenated alkanes) is 3. The molecule has 5 aromatic heterocycles. The zero-order valence-electron chi connectivity index (χ0n) is 44.4. The number of benzene rings is 6. The van der Waals surface area contributed by atoms with Gasteiger partial charge in [-0.2, -0.15) is 0 Å². The first kappa shape index (κ1) is 53.2. The van der Waals surface area contributed by atoms with Gasteiger partial charge in [-0.25, -0.2) is 36.6 Å². The lowest BCUT2D eigenvalue weighted by Crippen LogP contribution is -2.34. The quantitative estimate of drug-likeness (QED) is 0.0506. The number of nitrogens with zero attached hydrogens (tertiary/aromatic N) is 9. The molecule has 19 heteroatoms. The molecule has 0 atom stereocenters. The van der Waals surface area contributed by atoms with Crippen LogP contribution in [0.4, 0.5) is 17.2 Å². The molecule has 0 aliphatic heterocycles. The van der Waals surface area contributed by atoms with Crippen LogP contribution in [-0.4, -0.2) is 69.0 Å². The molecule has 0 aliphatic carbocycles. The molecule has 0 spiro atoms. The van der Waals surface area contributed by atoms with E-state index in [4.69, 9.17) is 15.7 Å². The number of nitrogens with two attached hydrogens (primary N) is 1. The highest BCUT2D eigenvalue weighted by molar-refractivity contribution is 7.93. The molecule has 0 fully saturated rings. The summed E-state index contributed by atoms with van der Waals surface area (Å²) in [5.41, 5.74) is 12.5. The first-order valence-corrected chi connectivity index (χ1v) is 29.6. The molecule has 5 heterocycles. The van der Waals surface area contributed by atoms with Gasteiger partial charge >= 0.3 is 5.69 Å². The molecular weight excluding hydrogens is 1050 g/mol. The summed E-state index contributed by atoms with van der Waals surface area (Å²) < 4.78 is 64.6. The van der Waals surface area contributed by atoms with Crippen molar-refractivity contribution in [1.29, 1.82) is 0 Å². The number of H-pyrrole nitrogens is 1. The van der Waals surface area contributed by atoms with Gasteiger partial charge < -0.3 is 14.9 Å². The number of nitrogen functional groups attached to an aromatic ring is 1. The number of rotatable bonds is 21. The fourth-order valence-corrected chi connectivity index (χ4v) is 13.5. The summed E-state index contributed by atoms with van der Waals surface area (Å²) in [7, 11) is -8.08. The van der Waals surface area contributed by atoms with E-state index >= 15 is 0 Å². The highest BCUT2D eigenvalue weighted by Crippen LogP contribution is 2.36. The van der Waals surface area contributed by atoms with Gasteiger partial charge in [-0.1, -0.05) is 96.8 Å². The number of aromatic amines is 1. The summed E-state index contributed by atoms with van der Waals surface area (Å²) in [6.45, 7) is 4.70. The first-order valence-electron chi connectivity index (χ1n) is 26.8. The third-order valence-corrected chi connectivity index (χ3v) is 18.4. The van der Waals surface area contributed by atoms with Crippen LogP contribution in [0.3, 0.4) is 0 Å². The van der Waals surface area contributed by atoms with E-state index in [9.17, 15) is 26.4 Å². The molecule has 17 nitrogen and oxygen atoms in total. The van der Waals surface area contributed by atoms with Gasteiger partial charge in [0.05, 0.1) is 38.5 Å². The fraction of sp³-hybridized carbons (Fsp3) is 0.230. The third-order valence-electron chi connectivity index (χ3n) is 14.7. The number of para-hydroxylation sites is 2. The second-order valence-electron chi connectivity index (χ2n) is 20.2. The van der Waals surface area contributed by atoms with E-state index in [1.54, 1.807) is 42.7 Å². The lowest BCUT2D eigenvalue weighted by molar-refractivity contribution is 0.577. The van der Waals surface area contributed by atoms with E-state index in [0.717, 1.165) is 91.5 Å². The molecule has 11 rings (SSSR count). The predicted molar refractivity (Wildman–Crippen MR) is 316 cm³/mol. The Kier molecular flexibility index (Phi) is 15.0. The summed E-state index contributed by atoms with van der Waals surface area (Å²) in [5, 5.41) is 5.65. The van der Waals surface area contributed by atoms with Crippen LogP contribution >= 0.6 is 0 Å². The molecule has 0 amide bonds. The molecule has 0 aliphatic rings. The molecule has 3 N–H and O–H groups in total. The van der Waals surface area contributed by atoms with Gasteiger partial charge in [-0.05, 0) is 124 Å². The molecule has 0 saturated carbocycles. The van der Waals surface area contributed by atoms with Gasteiger partial charge in [0.25, 0.3) is 25.6 Å². The summed E-state index contributed by atoms with van der Waals surface area (Å²) >= 11 is 0. The largest absolute Gasteiger partial charge is 0.382 e. The number of hydrogen-bond donors (Lipinski definition) is 2. The third kappa shape index (κ3) is 10.9. The Balaban J connectivity index is 0.847. The van der Waals surface area contributed by atoms with Crippen LogP contribution < -0.4 is 25.6 Å². The number of fused-ring (bicyclic) bond motifs is 7. The minimum Gasteiger partial charge on any atom is -0.382 e. The fourth-order valence-electron chi connectivity index (χ4n) is 10.6. The lowest BCUT2D eigenvalue weighted by Gasteiger charge is -2.25. The number of aromatic nitrogens is 8. The normalized spacial score (nSPS) is 12.1. The van der Waals surface area contributed by atoms with Crippen molar-refractivity contribution in [2.45, 2.75) is 88.1 Å². The monoisotopic (exact) mass is 1110 g/mol. The molecule has 406 valence electrons. The number of aryl methyl sites for hydroxylation is 6. The van der Waals surface area contributed by atoms with Crippen LogP contribution in [0.1, 0.15) is 61.0 Å². The Labute approximate surface area is 462 Å². The average molecular weight is 1110 g/mol. The molecule has 11 aromatic rings. The zero-order valence-corrected chi connectivity index (χ0v) is 46.0. The number of imidazole rings is 1. The van der Waals surface area contributed by atoms with Crippen LogP contribution in [0.25, 0.3) is 54.5 Å². The Bertz CT molecular complexity index is 4470. The van der Waals surface area contributed by atoms with Gasteiger partial charge in [0.1, 0.15) is 11.8 Å². The maximum absolute atomic E-state index is 14.7. The second-order valence-corrected chi connectivity index (χ2v) is 23.9. The SMILES string of the molecule is Cc1ccc(S(=O)(=O)N(CCCn2ccc(=O)[nH]c2=O)c2ccc3c(c2)c(CCCCCCc2nc4ccccc4c4ccc(N(CCCn5cnc6c(N)ncnc65)S(=O)(=O)c5ccc(C)cc5)cc24)nc2ccccc23)cc1. The van der Waals surface area contributed by atoms with Crippen LogP contribution in [0.5, 0.6) is 0 Å². The maximum atomic E-state index is 14.7. The van der Waals surface area contributed by atoms with Crippen LogP contribution in [0.2, 0.25) is 0 Å². The predicted octanol–water partition coefficient (Wildman–Crippen LogP) is 10.2. The summed E-state index contributed by atoms with van der Waals surface area (Å²) in [5.74, 6) is 0.281. The maximum Gasteiger partial charge on any atom is 0.328 e. The van der Waals surface area contributed by atoms with Crippen LogP contribution in [0.15, 0.2) is 178 Å². The standard InChI is InChI=1S/C61H59N11O6S2/c1-41-19-25-45(26-20-41)79(75,76)71(34-11-32-69-36-31-57(73)68-61(69)74)43-23-29-47-49-13-7-9-17-53(49)66-55(51(47)37-43)15-5-3-4-6-16-56-52-38-44(24-30-48(52)50-14-8-10-18-54(50)67-56)72(80(77,78)46-27-21-42(2)22-28-46)35-12-33-70-40-65-58-59(62)63-39-64-60(58)70/h7-10,13-14,17-31,36-40H,3-6,11-12,15-16,32-35H2,1-2H3,(H2,62,63,64)(H,68,73,74). The Morgan fingerprint density at radius 1 is 0.525 bits per heavy atom. The smallest absolute Gasteiger partial charge is 0.328 e. The Morgan fingerprint density at radius 3 is 1.54 bits per heavy atom. The van der Waals surface area contributed by atoms with Gasteiger partial charge in [0.15, 0.2) is 11.5 Å². The van der Waals surface area contributed by atoms with Crippen LogP contribution in [0, 0.1) is 13.8 Å². The van der Waals surface area contributed by atoms with Crippen molar-refractivity contribution in [1.82, 2.24) is 39.0 Å². The summed E-state index contributed by atoms with van der Waals surface area (Å²) in [6, 6.07) is 42.6. The highest BCUT2D eigenvalue weighted by Gasteiger charge is 2.28. The molecule has 0 saturated heterocycles. The van der Waals surface area contributed by atoms with Crippen molar-refractivity contribution in [2.75, 3.05) is 27.4 Å². The summed E-state index contributed by atoms with van der Waals surface area (Å²) in [4.78, 5) is 50.2. The molecule has 6 aromatic carbocycles. The van der Waals surface area contributed by atoms with E-state index in [0.29, 0.717) is 48.3 Å². The average Bonchev–Trinajstić information content (AvgIpc) is 3.88. The molecule has 80 heavy (non-hydrogen) atoms. The van der Waals surface area contributed by atoms with Crippen molar-refractivity contribution in [3.05, 3.63) is 202 Å². The van der Waals surface area contributed by atoms with E-state index in [2.05, 4.69) is 26.0 Å². The number of pyridine rings is 2. The molecule has 0 unspecified atom stereocenters. The van der Waals surface area contributed by atoms with Crippen LogP contribution in [-0.2, 0) is 46.0 Å². The van der Waals surface area contributed by atoms with E-state index in [1.807, 2.05) is 109 Å². The van der Waals surface area contributed by atoms with Gasteiger partial charge in [0, 0.05) is 71.4 Å². The van der Waals surface area contributed by atoms with Gasteiger partial charge in [0.2, 0.25) is 0 Å². The van der Waals surface area contributed by atoms with E-state index in [-0.39, 0.29) is 41.7 Å². The Hall–Kier alpha value is -8.81. The Morgan fingerprint density at radius 2 is 1.02 bits per heavy atom. The van der Waals surface area contributed by atoms with E-state index in [1.165, 1.54) is 31.8 Å². The molecule has 0 radical (unpaired) electrons. The number of nitrogens with one attached hydrogen (secondary N) is 1. The minimum absolute atomic E-state index is 0.0644. The van der Waals surface area contributed by atoms with Crippen molar-refractivity contribution in [3.8, 4) is 0 Å². The van der Waals surface area contributed by atoms with Gasteiger partial charge in [-0.3, -0.25) is 28.4 Å². The minimum atomic E-state index is -4.06. The number of anilines is 3. The second kappa shape index (κ2) is 22.5. The zero-order chi connectivity index (χ0) is 55.5.